The van der Waals surface area contributed by atoms with E-state index in [1.54, 1.807) is 0 Å². The van der Waals surface area contributed by atoms with E-state index < -0.39 is 0 Å². The molecule has 1 unspecified atom stereocenters. The number of carbonyl (C=O) groups excluding carboxylic acids is 1. The van der Waals surface area contributed by atoms with Crippen molar-refractivity contribution in [3.63, 3.8) is 0 Å². The molecule has 0 aliphatic carbocycles. The maximum atomic E-state index is 11.4. The third kappa shape index (κ3) is 11.1. The molecule has 21 heavy (non-hydrogen) atoms. The summed E-state index contributed by atoms with van der Waals surface area (Å²) in [5.41, 5.74) is 2.88. The zero-order chi connectivity index (χ0) is 15.9. The second kappa shape index (κ2) is 13.7. The molecule has 0 aliphatic rings. The predicted molar refractivity (Wildman–Crippen MR) is 90.2 cm³/mol. The van der Waals surface area contributed by atoms with E-state index in [9.17, 15) is 4.79 Å². The molecule has 0 aromatic heterocycles. The van der Waals surface area contributed by atoms with Crippen molar-refractivity contribution in [1.82, 2.24) is 0 Å². The molecular weight excluding hydrogens is 260 g/mol. The van der Waals surface area contributed by atoms with Crippen LogP contribution >= 0.6 is 0 Å². The van der Waals surface area contributed by atoms with Gasteiger partial charge in [-0.05, 0) is 18.4 Å². The van der Waals surface area contributed by atoms with Gasteiger partial charge >= 0.3 is 0 Å². The summed E-state index contributed by atoms with van der Waals surface area (Å²) in [6, 6.07) is 0. The fourth-order valence-corrected chi connectivity index (χ4v) is 2.25. The topological polar surface area (TPSA) is 26.3 Å². The molecular formula is C19H32O2. The molecule has 2 heteroatoms. The Labute approximate surface area is 131 Å². The minimum atomic E-state index is 0.0983. The van der Waals surface area contributed by atoms with Crippen molar-refractivity contribution >= 4 is 5.78 Å². The van der Waals surface area contributed by atoms with E-state index in [0.29, 0.717) is 12.3 Å². The lowest BCUT2D eigenvalue weighted by atomic mass is 9.95. The molecule has 0 aromatic carbocycles. The monoisotopic (exact) mass is 292 g/mol. The van der Waals surface area contributed by atoms with Crippen molar-refractivity contribution in [2.75, 3.05) is 6.61 Å². The number of carbonyl (C=O) groups is 1. The molecule has 0 N–H and O–H groups in total. The number of hydrogen-bond acceptors (Lipinski definition) is 2. The highest BCUT2D eigenvalue weighted by Gasteiger charge is 2.13. The Kier molecular flexibility index (Phi) is 12.9. The van der Waals surface area contributed by atoms with Crippen LogP contribution in [0, 0.1) is 5.92 Å². The largest absolute Gasteiger partial charge is 0.490 e. The van der Waals surface area contributed by atoms with Crippen LogP contribution in [0.2, 0.25) is 0 Å². The Morgan fingerprint density at radius 1 is 1.14 bits per heavy atom. The molecule has 0 heterocycles. The van der Waals surface area contributed by atoms with Gasteiger partial charge in [-0.3, -0.25) is 4.79 Å². The van der Waals surface area contributed by atoms with Crippen LogP contribution in [0.3, 0.4) is 0 Å². The molecule has 0 saturated carbocycles. The number of unbranched alkanes of at least 4 members (excludes halogenated alkanes) is 5. The van der Waals surface area contributed by atoms with Crippen LogP contribution in [0.25, 0.3) is 0 Å². The fraction of sp³-hybridized carbons (Fsp3) is 0.684. The third-order valence-corrected chi connectivity index (χ3v) is 3.74. The van der Waals surface area contributed by atoms with Crippen LogP contribution < -0.4 is 0 Å². The maximum absolute atomic E-state index is 11.4. The standard InChI is InChI=1S/C19H32O2/c1-5-9-10-11-12-13-14-21-19(8-4)16-17(6-2)15-18(20)7-3/h7,17H,3-6,9-16H2,1-2H3. The summed E-state index contributed by atoms with van der Waals surface area (Å²) in [7, 11) is 0. The van der Waals surface area contributed by atoms with Gasteiger partial charge in [0.15, 0.2) is 5.78 Å². The first-order valence-corrected chi connectivity index (χ1v) is 8.34. The summed E-state index contributed by atoms with van der Waals surface area (Å²) in [5, 5.41) is 0. The van der Waals surface area contributed by atoms with Gasteiger partial charge in [-0.15, -0.1) is 0 Å². The normalized spacial score (nSPS) is 11.5. The van der Waals surface area contributed by atoms with Gasteiger partial charge in [-0.2, -0.15) is 0 Å². The molecule has 120 valence electrons. The molecule has 1 atom stereocenters. The molecule has 0 spiro atoms. The smallest absolute Gasteiger partial charge is 0.155 e. The van der Waals surface area contributed by atoms with Gasteiger partial charge in [0.05, 0.1) is 6.61 Å². The quantitative estimate of drug-likeness (QED) is 0.180. The Morgan fingerprint density at radius 3 is 2.38 bits per heavy atom. The molecule has 0 saturated heterocycles. The number of ketones is 1. The molecule has 0 aromatic rings. The highest BCUT2D eigenvalue weighted by molar-refractivity contribution is 5.89. The van der Waals surface area contributed by atoms with Crippen LogP contribution in [0.1, 0.15) is 71.6 Å². The third-order valence-electron chi connectivity index (χ3n) is 3.74. The Morgan fingerprint density at radius 2 is 1.81 bits per heavy atom. The van der Waals surface area contributed by atoms with Crippen LogP contribution in [-0.4, -0.2) is 12.4 Å². The highest BCUT2D eigenvalue weighted by atomic mass is 16.5. The van der Waals surface area contributed by atoms with Crippen molar-refractivity contribution in [3.8, 4) is 0 Å². The van der Waals surface area contributed by atoms with E-state index in [1.165, 1.54) is 38.2 Å². The summed E-state index contributed by atoms with van der Waals surface area (Å²) in [5.74, 6) is 1.19. The van der Waals surface area contributed by atoms with Crippen molar-refractivity contribution in [3.05, 3.63) is 30.7 Å². The van der Waals surface area contributed by atoms with Gasteiger partial charge in [-0.25, -0.2) is 0 Å². The van der Waals surface area contributed by atoms with Gasteiger partial charge in [0.2, 0.25) is 0 Å². The fourth-order valence-electron chi connectivity index (χ4n) is 2.25. The lowest BCUT2D eigenvalue weighted by molar-refractivity contribution is -0.115. The Hall–Kier alpha value is -1.27. The van der Waals surface area contributed by atoms with E-state index >= 15 is 0 Å². The van der Waals surface area contributed by atoms with Crippen LogP contribution in [-0.2, 0) is 9.53 Å². The minimum absolute atomic E-state index is 0.0983. The number of hydrogen-bond donors (Lipinski definition) is 0. The second-order valence-corrected chi connectivity index (χ2v) is 5.57. The van der Waals surface area contributed by atoms with Crippen molar-refractivity contribution in [2.24, 2.45) is 5.92 Å². The first kappa shape index (κ1) is 19.7. The van der Waals surface area contributed by atoms with E-state index in [0.717, 1.165) is 31.6 Å². The number of ether oxygens (including phenoxy) is 1. The van der Waals surface area contributed by atoms with E-state index in [2.05, 4.69) is 32.7 Å². The lowest BCUT2D eigenvalue weighted by Crippen LogP contribution is -2.08. The van der Waals surface area contributed by atoms with E-state index in [1.807, 2.05) is 0 Å². The van der Waals surface area contributed by atoms with Crippen LogP contribution in [0.5, 0.6) is 0 Å². The summed E-state index contributed by atoms with van der Waals surface area (Å²) < 4.78 is 5.75. The van der Waals surface area contributed by atoms with Gasteiger partial charge < -0.3 is 4.74 Å². The molecule has 0 radical (unpaired) electrons. The first-order valence-electron chi connectivity index (χ1n) is 8.34. The summed E-state index contributed by atoms with van der Waals surface area (Å²) in [4.78, 5) is 11.4. The average Bonchev–Trinajstić information content (AvgIpc) is 2.51. The summed E-state index contributed by atoms with van der Waals surface area (Å²) >= 11 is 0. The maximum Gasteiger partial charge on any atom is 0.155 e. The number of rotatable bonds is 14. The molecule has 0 amide bonds. The van der Waals surface area contributed by atoms with Gasteiger partial charge in [0.25, 0.3) is 0 Å². The van der Waals surface area contributed by atoms with E-state index in [-0.39, 0.29) is 5.78 Å². The minimum Gasteiger partial charge on any atom is -0.490 e. The molecule has 0 rings (SSSR count). The first-order chi connectivity index (χ1) is 10.2. The Bertz CT molecular complexity index is 337. The zero-order valence-corrected chi connectivity index (χ0v) is 14.0. The van der Waals surface area contributed by atoms with E-state index in [4.69, 9.17) is 4.74 Å². The number of allylic oxidation sites excluding steroid dienone is 2. The zero-order valence-electron chi connectivity index (χ0n) is 14.0. The van der Waals surface area contributed by atoms with Gasteiger partial charge in [0.1, 0.15) is 5.76 Å². The lowest BCUT2D eigenvalue weighted by Gasteiger charge is -2.15. The summed E-state index contributed by atoms with van der Waals surface area (Å²) in [6.45, 7) is 12.3. The van der Waals surface area contributed by atoms with Crippen molar-refractivity contribution in [1.29, 1.82) is 0 Å². The SMILES string of the molecule is C=C=C(CC(CC)CC(=O)C=C)OCCCCCCCC. The Balaban J connectivity index is 3.91. The molecule has 0 fully saturated rings. The molecule has 0 bridgehead atoms. The highest BCUT2D eigenvalue weighted by Crippen LogP contribution is 2.20. The van der Waals surface area contributed by atoms with Gasteiger partial charge in [0, 0.05) is 12.8 Å². The van der Waals surface area contributed by atoms with Crippen molar-refractivity contribution < 1.29 is 9.53 Å². The van der Waals surface area contributed by atoms with Crippen LogP contribution in [0.15, 0.2) is 30.7 Å². The van der Waals surface area contributed by atoms with Gasteiger partial charge in [-0.1, -0.05) is 71.3 Å². The van der Waals surface area contributed by atoms with Crippen LogP contribution in [0.4, 0.5) is 0 Å². The summed E-state index contributed by atoms with van der Waals surface area (Å²) in [6.07, 6.45) is 11.1. The molecule has 0 aliphatic heterocycles. The second-order valence-electron chi connectivity index (χ2n) is 5.57. The van der Waals surface area contributed by atoms with Crippen molar-refractivity contribution in [2.45, 2.75) is 71.6 Å². The average molecular weight is 292 g/mol. The predicted octanol–water partition coefficient (Wildman–Crippen LogP) is 5.59. The molecule has 2 nitrogen and oxygen atoms in total.